The summed E-state index contributed by atoms with van der Waals surface area (Å²) >= 11 is 6.13. The Kier molecular flexibility index (Phi) is 3.95. The minimum absolute atomic E-state index is 0.190. The Morgan fingerprint density at radius 2 is 2.00 bits per heavy atom. The highest BCUT2D eigenvalue weighted by Crippen LogP contribution is 2.34. The number of hydrogen-bond acceptors (Lipinski definition) is 2. The number of fused-ring (bicyclic) bond motifs is 1. The van der Waals surface area contributed by atoms with Gasteiger partial charge in [0.25, 0.3) is 0 Å². The molecule has 2 aromatic carbocycles. The minimum Gasteiger partial charge on any atom is -0.363 e. The number of hydrogen-bond donors (Lipinski definition) is 1. The van der Waals surface area contributed by atoms with E-state index in [1.54, 1.807) is 0 Å². The second kappa shape index (κ2) is 5.86. The lowest BCUT2D eigenvalue weighted by Gasteiger charge is -2.37. The molecule has 0 bridgehead atoms. The van der Waals surface area contributed by atoms with Crippen LogP contribution in [0.25, 0.3) is 0 Å². The maximum atomic E-state index is 6.13. The molecular formula is C17H19ClN2. The standard InChI is InChI=1S/C17H19ClN2/c18-15-8-3-6-14(11-15)17(12-19)20-10-4-7-13-5-1-2-9-16(13)20/h1-3,5-6,8-9,11,17H,4,7,10,12,19H2. The van der Waals surface area contributed by atoms with E-state index in [1.807, 2.05) is 18.2 Å². The molecule has 1 aliphatic heterocycles. The molecule has 2 N–H and O–H groups in total. The third kappa shape index (κ3) is 2.54. The Bertz CT molecular complexity index is 597. The molecule has 2 nitrogen and oxygen atoms in total. The summed E-state index contributed by atoms with van der Waals surface area (Å²) in [5.41, 5.74) is 9.98. The maximum Gasteiger partial charge on any atom is 0.0665 e. The van der Waals surface area contributed by atoms with Crippen LogP contribution < -0.4 is 10.6 Å². The van der Waals surface area contributed by atoms with Crippen molar-refractivity contribution in [3.63, 3.8) is 0 Å². The first-order chi connectivity index (χ1) is 9.79. The number of rotatable bonds is 3. The van der Waals surface area contributed by atoms with Crippen molar-refractivity contribution in [1.82, 2.24) is 0 Å². The molecule has 1 unspecified atom stereocenters. The zero-order valence-corrected chi connectivity index (χ0v) is 12.2. The fraction of sp³-hybridized carbons (Fsp3) is 0.294. The molecule has 3 rings (SSSR count). The third-order valence-electron chi connectivity index (χ3n) is 3.98. The van der Waals surface area contributed by atoms with Crippen molar-refractivity contribution in [2.24, 2.45) is 5.73 Å². The lowest BCUT2D eigenvalue weighted by Crippen LogP contribution is -2.37. The van der Waals surface area contributed by atoms with Gasteiger partial charge in [0, 0.05) is 23.8 Å². The van der Waals surface area contributed by atoms with Crippen LogP contribution in [0.1, 0.15) is 23.6 Å². The number of anilines is 1. The van der Waals surface area contributed by atoms with Gasteiger partial charge in [-0.3, -0.25) is 0 Å². The molecule has 0 saturated carbocycles. The van der Waals surface area contributed by atoms with Gasteiger partial charge in [-0.2, -0.15) is 0 Å². The monoisotopic (exact) mass is 286 g/mol. The zero-order valence-electron chi connectivity index (χ0n) is 11.4. The predicted octanol–water partition coefficient (Wildman–Crippen LogP) is 3.79. The van der Waals surface area contributed by atoms with E-state index in [4.69, 9.17) is 17.3 Å². The number of nitrogens with zero attached hydrogens (tertiary/aromatic N) is 1. The van der Waals surface area contributed by atoms with Crippen LogP contribution in [-0.4, -0.2) is 13.1 Å². The quantitative estimate of drug-likeness (QED) is 0.930. The first kappa shape index (κ1) is 13.5. The van der Waals surface area contributed by atoms with Gasteiger partial charge in [-0.15, -0.1) is 0 Å². The highest BCUT2D eigenvalue weighted by atomic mass is 35.5. The van der Waals surface area contributed by atoms with Gasteiger partial charge in [-0.25, -0.2) is 0 Å². The van der Waals surface area contributed by atoms with E-state index >= 15 is 0 Å². The predicted molar refractivity (Wildman–Crippen MR) is 85.4 cm³/mol. The van der Waals surface area contributed by atoms with Gasteiger partial charge in [0.1, 0.15) is 0 Å². The summed E-state index contributed by atoms with van der Waals surface area (Å²) in [5.74, 6) is 0. The average molecular weight is 287 g/mol. The number of para-hydroxylation sites is 1. The first-order valence-electron chi connectivity index (χ1n) is 7.09. The highest BCUT2D eigenvalue weighted by Gasteiger charge is 2.24. The largest absolute Gasteiger partial charge is 0.363 e. The van der Waals surface area contributed by atoms with Crippen LogP contribution >= 0.6 is 11.6 Å². The van der Waals surface area contributed by atoms with Crippen molar-refractivity contribution in [2.75, 3.05) is 18.0 Å². The molecule has 0 amide bonds. The Morgan fingerprint density at radius 3 is 2.80 bits per heavy atom. The Balaban J connectivity index is 1.99. The fourth-order valence-electron chi connectivity index (χ4n) is 3.04. The summed E-state index contributed by atoms with van der Waals surface area (Å²) in [6.07, 6.45) is 2.33. The van der Waals surface area contributed by atoms with Crippen molar-refractivity contribution >= 4 is 17.3 Å². The van der Waals surface area contributed by atoms with Gasteiger partial charge >= 0.3 is 0 Å². The number of halogens is 1. The molecule has 0 aromatic heterocycles. The molecule has 0 aliphatic carbocycles. The molecule has 0 saturated heterocycles. The molecule has 0 spiro atoms. The van der Waals surface area contributed by atoms with E-state index in [0.717, 1.165) is 18.0 Å². The number of nitrogens with two attached hydrogens (primary N) is 1. The third-order valence-corrected chi connectivity index (χ3v) is 4.21. The van der Waals surface area contributed by atoms with Crippen molar-refractivity contribution in [3.8, 4) is 0 Å². The highest BCUT2D eigenvalue weighted by molar-refractivity contribution is 6.30. The number of aryl methyl sites for hydroxylation is 1. The zero-order chi connectivity index (χ0) is 13.9. The van der Waals surface area contributed by atoms with Crippen molar-refractivity contribution in [1.29, 1.82) is 0 Å². The van der Waals surface area contributed by atoms with E-state index in [2.05, 4.69) is 35.2 Å². The molecule has 104 valence electrons. The summed E-state index contributed by atoms with van der Waals surface area (Å²) in [6.45, 7) is 1.64. The van der Waals surface area contributed by atoms with E-state index in [1.165, 1.54) is 23.2 Å². The summed E-state index contributed by atoms with van der Waals surface area (Å²) in [6, 6.07) is 16.8. The normalized spacial score (nSPS) is 15.8. The van der Waals surface area contributed by atoms with Crippen LogP contribution in [0.5, 0.6) is 0 Å². The van der Waals surface area contributed by atoms with Crippen LogP contribution in [0, 0.1) is 0 Å². The van der Waals surface area contributed by atoms with E-state index in [-0.39, 0.29) is 6.04 Å². The van der Waals surface area contributed by atoms with Crippen molar-refractivity contribution in [2.45, 2.75) is 18.9 Å². The molecule has 1 atom stereocenters. The topological polar surface area (TPSA) is 29.3 Å². The second-order valence-corrected chi connectivity index (χ2v) is 5.67. The molecule has 20 heavy (non-hydrogen) atoms. The van der Waals surface area contributed by atoms with Crippen molar-refractivity contribution < 1.29 is 0 Å². The van der Waals surface area contributed by atoms with E-state index in [9.17, 15) is 0 Å². The summed E-state index contributed by atoms with van der Waals surface area (Å²) in [4.78, 5) is 2.42. The molecule has 3 heteroatoms. The van der Waals surface area contributed by atoms with Crippen LogP contribution in [0.2, 0.25) is 5.02 Å². The van der Waals surface area contributed by atoms with Gasteiger partial charge in [-0.05, 0) is 42.2 Å². The Morgan fingerprint density at radius 1 is 1.15 bits per heavy atom. The molecule has 0 radical (unpaired) electrons. The molecular weight excluding hydrogens is 268 g/mol. The van der Waals surface area contributed by atoms with Gasteiger partial charge in [-0.1, -0.05) is 41.9 Å². The van der Waals surface area contributed by atoms with E-state index < -0.39 is 0 Å². The lowest BCUT2D eigenvalue weighted by atomic mass is 9.97. The van der Waals surface area contributed by atoms with Crippen LogP contribution in [0.4, 0.5) is 5.69 Å². The van der Waals surface area contributed by atoms with Crippen LogP contribution in [0.3, 0.4) is 0 Å². The molecule has 0 fully saturated rings. The summed E-state index contributed by atoms with van der Waals surface area (Å²) < 4.78 is 0. The van der Waals surface area contributed by atoms with E-state index in [0.29, 0.717) is 6.54 Å². The van der Waals surface area contributed by atoms with Gasteiger partial charge in [0.15, 0.2) is 0 Å². The molecule has 2 aromatic rings. The second-order valence-electron chi connectivity index (χ2n) is 5.23. The lowest BCUT2D eigenvalue weighted by molar-refractivity contribution is 0.588. The Hall–Kier alpha value is -1.51. The minimum atomic E-state index is 0.190. The summed E-state index contributed by atoms with van der Waals surface area (Å²) in [5, 5.41) is 0.770. The van der Waals surface area contributed by atoms with Crippen LogP contribution in [-0.2, 0) is 6.42 Å². The van der Waals surface area contributed by atoms with Crippen LogP contribution in [0.15, 0.2) is 48.5 Å². The van der Waals surface area contributed by atoms with Gasteiger partial charge in [0.05, 0.1) is 6.04 Å². The number of benzene rings is 2. The smallest absolute Gasteiger partial charge is 0.0665 e. The first-order valence-corrected chi connectivity index (χ1v) is 7.47. The molecule has 1 heterocycles. The summed E-state index contributed by atoms with van der Waals surface area (Å²) in [7, 11) is 0. The SMILES string of the molecule is NCC(c1cccc(Cl)c1)N1CCCc2ccccc21. The molecule has 1 aliphatic rings. The average Bonchev–Trinajstić information content (AvgIpc) is 2.48. The fourth-order valence-corrected chi connectivity index (χ4v) is 3.24. The van der Waals surface area contributed by atoms with Gasteiger partial charge in [0.2, 0.25) is 0 Å². The van der Waals surface area contributed by atoms with Crippen molar-refractivity contribution in [3.05, 3.63) is 64.7 Å². The maximum absolute atomic E-state index is 6.13. The van der Waals surface area contributed by atoms with Gasteiger partial charge < -0.3 is 10.6 Å². The Labute approximate surface area is 125 Å².